The summed E-state index contributed by atoms with van der Waals surface area (Å²) in [5.41, 5.74) is 0. The van der Waals surface area contributed by atoms with Crippen LogP contribution in [-0.4, -0.2) is 78.3 Å². The molecule has 0 spiro atoms. The molecule has 1 saturated heterocycles. The van der Waals surface area contributed by atoms with Gasteiger partial charge < -0.3 is 26.9 Å². The quantitative estimate of drug-likeness (QED) is 0.205. The average Bonchev–Trinajstić information content (AvgIpc) is 2.78. The third-order valence-corrected chi connectivity index (χ3v) is 35.0. The Balaban J connectivity index is 4.25. The summed E-state index contributed by atoms with van der Waals surface area (Å²) < 4.78 is 42.9. The zero-order valence-corrected chi connectivity index (χ0v) is 41.2. The minimum Gasteiger partial charge on any atom is -0.517 e. The lowest BCUT2D eigenvalue weighted by molar-refractivity contribution is -0.264. The number of carbonyl (C=O) groups excluding carboxylic acids is 1. The van der Waals surface area contributed by atoms with Gasteiger partial charge in [-0.05, 0) is 90.7 Å². The molecule has 0 N–H and O–H groups in total. The van der Waals surface area contributed by atoms with E-state index in [4.69, 9.17) is 26.9 Å². The van der Waals surface area contributed by atoms with Gasteiger partial charge in [0.25, 0.3) is 8.32 Å². The van der Waals surface area contributed by atoms with Crippen LogP contribution in [0, 0.1) is 0 Å². The third kappa shape index (κ3) is 10.7. The van der Waals surface area contributed by atoms with Gasteiger partial charge in [0.1, 0.15) is 18.3 Å². The van der Waals surface area contributed by atoms with Crippen molar-refractivity contribution in [3.8, 4) is 0 Å². The van der Waals surface area contributed by atoms with E-state index in [0.717, 1.165) is 0 Å². The van der Waals surface area contributed by atoms with E-state index in [0.29, 0.717) is 0 Å². The van der Waals surface area contributed by atoms with Gasteiger partial charge in [-0.2, -0.15) is 0 Å². The molecule has 12 heteroatoms. The number of hydrogen-bond acceptors (Lipinski definition) is 7. The number of carbonyl (C=O) groups is 1. The van der Waals surface area contributed by atoms with E-state index in [9.17, 15) is 4.79 Å². The monoisotopic (exact) mass is 764 g/mol. The van der Waals surface area contributed by atoms with Crippen molar-refractivity contribution in [2.24, 2.45) is 0 Å². The molecular weight excluding hydrogens is 685 g/mol. The molecule has 0 aromatic carbocycles. The van der Waals surface area contributed by atoms with Crippen LogP contribution in [-0.2, 0) is 31.7 Å². The SMILES string of the molecule is CC(C)(C)[Si](C)(C)OC(=O)C1OC(O[Si](C)(C)C(C)(C)C)C(O[Si](C)(C)C(C)(C)C)C(O[Si](C)(C)C(C)(C)C)C1O[Si](C)(C)C(C)(C)C. The van der Waals surface area contributed by atoms with E-state index in [2.05, 4.69) is 169 Å². The molecule has 1 heterocycles. The van der Waals surface area contributed by atoms with Crippen LogP contribution in [0.2, 0.25) is 90.7 Å². The molecule has 0 aliphatic carbocycles. The Bertz CT molecular complexity index is 1100. The molecule has 1 fully saturated rings. The molecule has 1 aliphatic heterocycles. The van der Waals surface area contributed by atoms with E-state index >= 15 is 0 Å². The predicted octanol–water partition coefficient (Wildman–Crippen LogP) is 11.5. The van der Waals surface area contributed by atoms with E-state index < -0.39 is 72.3 Å². The second kappa shape index (κ2) is 14.3. The highest BCUT2D eigenvalue weighted by Gasteiger charge is 2.60. The highest BCUT2D eigenvalue weighted by Crippen LogP contribution is 2.48. The normalized spacial score (nSPS) is 24.9. The molecule has 0 bridgehead atoms. The van der Waals surface area contributed by atoms with E-state index in [1.54, 1.807) is 0 Å². The van der Waals surface area contributed by atoms with Crippen LogP contribution in [0.15, 0.2) is 0 Å². The van der Waals surface area contributed by atoms with E-state index in [1.807, 2.05) is 0 Å². The number of rotatable bonds is 10. The first kappa shape index (κ1) is 46.4. The molecule has 0 saturated carbocycles. The Hall–Kier alpha value is 0.354. The van der Waals surface area contributed by atoms with Crippen LogP contribution in [0.3, 0.4) is 0 Å². The Morgan fingerprint density at radius 3 is 1.00 bits per heavy atom. The highest BCUT2D eigenvalue weighted by molar-refractivity contribution is 6.76. The van der Waals surface area contributed by atoms with Crippen LogP contribution in [0.1, 0.15) is 104 Å². The standard InChI is InChI=1S/C36H80O7Si5/c1-32(2,3)44(16,17)39-26-27(40-45(18,19)33(4,5)6)29(41-46(20,21)34(7,8)9)31(43-48(24,25)36(13,14)15)38-28(26)30(37)42-47(22,23)35(10,11)12/h26-29,31H,1-25H3. The molecule has 1 aliphatic rings. The van der Waals surface area contributed by atoms with Crippen LogP contribution in [0.5, 0.6) is 0 Å². The van der Waals surface area contributed by atoms with Crippen LogP contribution < -0.4 is 0 Å². The molecule has 7 nitrogen and oxygen atoms in total. The lowest BCUT2D eigenvalue weighted by Crippen LogP contribution is -2.70. The third-order valence-electron chi connectivity index (χ3n) is 12.8. The molecule has 0 radical (unpaired) electrons. The molecule has 0 amide bonds. The van der Waals surface area contributed by atoms with Gasteiger partial charge in [-0.25, -0.2) is 0 Å². The van der Waals surface area contributed by atoms with Gasteiger partial charge in [0.2, 0.25) is 0 Å². The molecule has 5 atom stereocenters. The number of hydrogen-bond donors (Lipinski definition) is 0. The first-order valence-electron chi connectivity index (χ1n) is 18.2. The van der Waals surface area contributed by atoms with Crippen molar-refractivity contribution < 1.29 is 31.7 Å². The fourth-order valence-electron chi connectivity index (χ4n) is 3.96. The van der Waals surface area contributed by atoms with Crippen LogP contribution in [0.25, 0.3) is 0 Å². The first-order chi connectivity index (χ1) is 20.6. The second-order valence-corrected chi connectivity index (χ2v) is 45.8. The van der Waals surface area contributed by atoms with Crippen LogP contribution >= 0.6 is 0 Å². The van der Waals surface area contributed by atoms with Crippen LogP contribution in [0.4, 0.5) is 0 Å². The zero-order valence-electron chi connectivity index (χ0n) is 36.2. The average molecular weight is 765 g/mol. The summed E-state index contributed by atoms with van der Waals surface area (Å²) in [7, 11) is -12.3. The summed E-state index contributed by atoms with van der Waals surface area (Å²) in [5.74, 6) is -0.385. The lowest BCUT2D eigenvalue weighted by atomic mass is 9.99. The lowest BCUT2D eigenvalue weighted by Gasteiger charge is -2.55. The summed E-state index contributed by atoms with van der Waals surface area (Å²) in [6.45, 7) is 55.5. The predicted molar refractivity (Wildman–Crippen MR) is 216 cm³/mol. The Labute approximate surface area is 303 Å². The molecule has 286 valence electrons. The van der Waals surface area contributed by atoms with Gasteiger partial charge in [0.05, 0.1) is 0 Å². The summed E-state index contributed by atoms with van der Waals surface area (Å²) in [6.07, 6.45) is -3.79. The van der Waals surface area contributed by atoms with Gasteiger partial charge in [-0.3, -0.25) is 4.79 Å². The maximum atomic E-state index is 14.7. The van der Waals surface area contributed by atoms with Crippen molar-refractivity contribution in [2.75, 3.05) is 0 Å². The van der Waals surface area contributed by atoms with E-state index in [-0.39, 0.29) is 31.2 Å². The van der Waals surface area contributed by atoms with E-state index in [1.165, 1.54) is 0 Å². The van der Waals surface area contributed by atoms with Crippen molar-refractivity contribution in [3.63, 3.8) is 0 Å². The maximum Gasteiger partial charge on any atom is 0.324 e. The Morgan fingerprint density at radius 2 is 0.688 bits per heavy atom. The number of ether oxygens (including phenoxy) is 1. The molecule has 0 aromatic rings. The molecular formula is C36H80O7Si5. The largest absolute Gasteiger partial charge is 0.517 e. The van der Waals surface area contributed by atoms with Crippen molar-refractivity contribution in [1.29, 1.82) is 0 Å². The molecule has 5 unspecified atom stereocenters. The zero-order chi connectivity index (χ0) is 38.7. The highest BCUT2D eigenvalue weighted by atomic mass is 28.4. The fourth-order valence-corrected chi connectivity index (χ4v) is 9.89. The van der Waals surface area contributed by atoms with Gasteiger partial charge in [0.15, 0.2) is 45.7 Å². The molecule has 48 heavy (non-hydrogen) atoms. The van der Waals surface area contributed by atoms with Crippen molar-refractivity contribution in [1.82, 2.24) is 0 Å². The summed E-state index contributed by atoms with van der Waals surface area (Å²) in [6, 6.07) is 0. The summed E-state index contributed by atoms with van der Waals surface area (Å²) in [5, 5.41) is -0.563. The molecule has 1 rings (SSSR count). The summed E-state index contributed by atoms with van der Waals surface area (Å²) in [4.78, 5) is 14.7. The minimum atomic E-state index is -2.52. The summed E-state index contributed by atoms with van der Waals surface area (Å²) >= 11 is 0. The first-order valence-corrected chi connectivity index (χ1v) is 32.8. The second-order valence-electron chi connectivity index (χ2n) is 22.0. The van der Waals surface area contributed by atoms with Crippen molar-refractivity contribution in [3.05, 3.63) is 0 Å². The minimum absolute atomic E-state index is 0.0794. The fraction of sp³-hybridized carbons (Fsp3) is 0.972. The van der Waals surface area contributed by atoms with Crippen molar-refractivity contribution in [2.45, 2.75) is 225 Å². The van der Waals surface area contributed by atoms with Gasteiger partial charge >= 0.3 is 5.97 Å². The Kier molecular flexibility index (Phi) is 13.8. The molecule has 0 aromatic heterocycles. The van der Waals surface area contributed by atoms with Crippen molar-refractivity contribution >= 4 is 47.6 Å². The maximum absolute atomic E-state index is 14.7. The smallest absolute Gasteiger partial charge is 0.324 e. The van der Waals surface area contributed by atoms with Gasteiger partial charge in [0, 0.05) is 0 Å². The topological polar surface area (TPSA) is 72.5 Å². The van der Waals surface area contributed by atoms with Gasteiger partial charge in [-0.15, -0.1) is 0 Å². The van der Waals surface area contributed by atoms with Gasteiger partial charge in [-0.1, -0.05) is 104 Å². The Morgan fingerprint density at radius 1 is 0.417 bits per heavy atom.